The molecule has 9 heteroatoms. The molecular weight excluding hydrogens is 402 g/mol. The van der Waals surface area contributed by atoms with Gasteiger partial charge in [-0.2, -0.15) is 0 Å². The van der Waals surface area contributed by atoms with Gasteiger partial charge in [-0.15, -0.1) is 0 Å². The van der Waals surface area contributed by atoms with Crippen molar-refractivity contribution in [1.82, 2.24) is 14.8 Å². The third kappa shape index (κ3) is 6.40. The average molecular weight is 434 g/mol. The van der Waals surface area contributed by atoms with Crippen molar-refractivity contribution in [1.29, 1.82) is 0 Å². The van der Waals surface area contributed by atoms with Gasteiger partial charge in [-0.1, -0.05) is 18.8 Å². The Bertz CT molecular complexity index is 847. The van der Waals surface area contributed by atoms with E-state index in [-0.39, 0.29) is 48.9 Å². The van der Waals surface area contributed by atoms with E-state index in [0.29, 0.717) is 12.1 Å². The largest absolute Gasteiger partial charge is 0.472 e. The molecule has 0 aliphatic carbocycles. The fraction of sp³-hybridized carbons (Fsp3) is 0.591. The van der Waals surface area contributed by atoms with E-state index in [4.69, 9.17) is 9.47 Å². The molecule has 2 rings (SSSR count). The third-order valence-electron chi connectivity index (χ3n) is 5.09. The zero-order valence-electron chi connectivity index (χ0n) is 18.7. The van der Waals surface area contributed by atoms with Crippen LogP contribution in [0.4, 0.5) is 0 Å². The van der Waals surface area contributed by atoms with Gasteiger partial charge in [-0.05, 0) is 19.9 Å². The predicted octanol–water partition coefficient (Wildman–Crippen LogP) is 0.139. The Kier molecular flexibility index (Phi) is 8.80. The minimum Gasteiger partial charge on any atom is -0.472 e. The van der Waals surface area contributed by atoms with Crippen LogP contribution in [0.5, 0.6) is 5.88 Å². The number of pyridine rings is 1. The monoisotopic (exact) mass is 433 g/mol. The Morgan fingerprint density at radius 2 is 2.19 bits per heavy atom. The Hall–Kier alpha value is -2.67. The highest BCUT2D eigenvalue weighted by molar-refractivity contribution is 5.97. The molecule has 170 valence electrons. The molecule has 0 radical (unpaired) electrons. The zero-order valence-corrected chi connectivity index (χ0v) is 18.7. The number of nitrogens with zero attached hydrogens (tertiary/aromatic N) is 3. The van der Waals surface area contributed by atoms with E-state index < -0.39 is 18.2 Å². The minimum atomic E-state index is -0.815. The van der Waals surface area contributed by atoms with Gasteiger partial charge in [0.1, 0.15) is 24.4 Å². The normalized spacial score (nSPS) is 20.4. The number of hydrogen-bond donors (Lipinski definition) is 2. The molecule has 0 saturated carbocycles. The first kappa shape index (κ1) is 24.6. The number of methoxy groups -OCH3 is 1. The molecular formula is C22H31N3O6. The molecule has 1 aliphatic rings. The lowest BCUT2D eigenvalue weighted by Gasteiger charge is -2.37. The highest BCUT2D eigenvalue weighted by Gasteiger charge is 2.34. The molecule has 2 heterocycles. The molecule has 1 aliphatic heterocycles. The van der Waals surface area contributed by atoms with Crippen molar-refractivity contribution in [2.24, 2.45) is 5.92 Å². The number of amides is 2. The van der Waals surface area contributed by atoms with Crippen LogP contribution in [0.25, 0.3) is 0 Å². The summed E-state index contributed by atoms with van der Waals surface area (Å²) in [7, 11) is 3.12. The highest BCUT2D eigenvalue weighted by Crippen LogP contribution is 2.27. The number of rotatable bonds is 6. The van der Waals surface area contributed by atoms with Crippen molar-refractivity contribution < 1.29 is 29.3 Å². The molecule has 0 spiro atoms. The van der Waals surface area contributed by atoms with Crippen molar-refractivity contribution in [3.05, 3.63) is 23.4 Å². The second-order valence-electron chi connectivity index (χ2n) is 7.85. The number of hydrogen-bond acceptors (Lipinski definition) is 7. The van der Waals surface area contributed by atoms with Crippen LogP contribution in [0.2, 0.25) is 0 Å². The van der Waals surface area contributed by atoms with Crippen LogP contribution in [0.3, 0.4) is 0 Å². The second kappa shape index (κ2) is 11.1. The van der Waals surface area contributed by atoms with E-state index in [1.807, 2.05) is 6.92 Å². The van der Waals surface area contributed by atoms with Gasteiger partial charge in [-0.25, -0.2) is 4.98 Å². The Morgan fingerprint density at radius 1 is 1.48 bits per heavy atom. The number of likely N-dealkylation sites (N-methyl/N-ethyl adjacent to an activating group) is 1. The zero-order chi connectivity index (χ0) is 23.1. The van der Waals surface area contributed by atoms with Gasteiger partial charge in [0.05, 0.1) is 19.2 Å². The van der Waals surface area contributed by atoms with Crippen LogP contribution in [-0.2, 0) is 9.53 Å². The summed E-state index contributed by atoms with van der Waals surface area (Å²) >= 11 is 0. The lowest BCUT2D eigenvalue weighted by molar-refractivity contribution is -0.135. The summed E-state index contributed by atoms with van der Waals surface area (Å²) in [6, 6.07) is 1.16. The molecule has 1 aromatic rings. The van der Waals surface area contributed by atoms with Gasteiger partial charge in [0.25, 0.3) is 5.91 Å². The minimum absolute atomic E-state index is 0.0378. The molecule has 0 fully saturated rings. The lowest BCUT2D eigenvalue weighted by atomic mass is 10.00. The SMILES string of the molecule is COCC(=O)N(C)C[C@H]1Oc2ncc(C#C[C@@H](C)O)cc2C(=O)N([C@H](C)CO)C[C@H]1C. The molecule has 4 atom stereocenters. The molecule has 0 unspecified atom stereocenters. The number of aromatic nitrogens is 1. The van der Waals surface area contributed by atoms with Gasteiger partial charge >= 0.3 is 0 Å². The van der Waals surface area contributed by atoms with Crippen molar-refractivity contribution in [3.63, 3.8) is 0 Å². The number of carbonyl (C=O) groups is 2. The van der Waals surface area contributed by atoms with Crippen LogP contribution in [0.15, 0.2) is 12.3 Å². The fourth-order valence-corrected chi connectivity index (χ4v) is 3.18. The number of ether oxygens (including phenoxy) is 2. The van der Waals surface area contributed by atoms with Crippen molar-refractivity contribution >= 4 is 11.8 Å². The first-order valence-corrected chi connectivity index (χ1v) is 10.2. The summed E-state index contributed by atoms with van der Waals surface area (Å²) in [5.74, 6) is 4.91. The molecule has 0 saturated heterocycles. The number of aliphatic hydroxyl groups is 2. The molecule has 9 nitrogen and oxygen atoms in total. The van der Waals surface area contributed by atoms with E-state index in [1.165, 1.54) is 18.2 Å². The van der Waals surface area contributed by atoms with Gasteiger partial charge in [0.15, 0.2) is 0 Å². The maximum absolute atomic E-state index is 13.3. The standard InChI is InChI=1S/C22H31N3O6/c1-14-10-25(15(2)12-26)22(29)18-8-17(7-6-16(3)27)9-23-21(18)31-19(14)11-24(4)20(28)13-30-5/h8-9,14-16,19,26-27H,10-13H2,1-5H3/t14-,15-,16-,19-/m1/s1. The molecule has 1 aromatic heterocycles. The van der Waals surface area contributed by atoms with Crippen molar-refractivity contribution in [3.8, 4) is 17.7 Å². The molecule has 0 bridgehead atoms. The van der Waals surface area contributed by atoms with E-state index >= 15 is 0 Å². The van der Waals surface area contributed by atoms with Crippen LogP contribution < -0.4 is 4.74 Å². The summed E-state index contributed by atoms with van der Waals surface area (Å²) in [6.45, 7) is 5.62. The fourth-order valence-electron chi connectivity index (χ4n) is 3.18. The molecule has 31 heavy (non-hydrogen) atoms. The summed E-state index contributed by atoms with van der Waals surface area (Å²) in [6.07, 6.45) is 0.225. The summed E-state index contributed by atoms with van der Waals surface area (Å²) < 4.78 is 11.0. The number of fused-ring (bicyclic) bond motifs is 1. The Morgan fingerprint density at radius 3 is 2.81 bits per heavy atom. The number of aliphatic hydroxyl groups excluding tert-OH is 2. The summed E-state index contributed by atoms with van der Waals surface area (Å²) in [5.41, 5.74) is 0.686. The van der Waals surface area contributed by atoms with E-state index in [2.05, 4.69) is 16.8 Å². The third-order valence-corrected chi connectivity index (χ3v) is 5.09. The second-order valence-corrected chi connectivity index (χ2v) is 7.85. The molecule has 2 N–H and O–H groups in total. The lowest BCUT2D eigenvalue weighted by Crippen LogP contribution is -2.50. The average Bonchev–Trinajstić information content (AvgIpc) is 2.74. The van der Waals surface area contributed by atoms with Gasteiger partial charge < -0.3 is 29.5 Å². The first-order chi connectivity index (χ1) is 14.7. The Labute approximate surface area is 183 Å². The van der Waals surface area contributed by atoms with Crippen LogP contribution in [0.1, 0.15) is 36.7 Å². The first-order valence-electron chi connectivity index (χ1n) is 10.2. The van der Waals surface area contributed by atoms with E-state index in [9.17, 15) is 19.8 Å². The van der Waals surface area contributed by atoms with Crippen LogP contribution in [-0.4, -0.2) is 95.5 Å². The van der Waals surface area contributed by atoms with E-state index in [1.54, 1.807) is 31.9 Å². The van der Waals surface area contributed by atoms with Crippen LogP contribution >= 0.6 is 0 Å². The Balaban J connectivity index is 2.44. The topological polar surface area (TPSA) is 112 Å². The predicted molar refractivity (Wildman–Crippen MR) is 113 cm³/mol. The van der Waals surface area contributed by atoms with Crippen molar-refractivity contribution in [2.75, 3.05) is 40.5 Å². The van der Waals surface area contributed by atoms with Gasteiger partial charge in [0, 0.05) is 38.4 Å². The van der Waals surface area contributed by atoms with E-state index in [0.717, 1.165) is 0 Å². The maximum Gasteiger partial charge on any atom is 0.259 e. The van der Waals surface area contributed by atoms with Crippen molar-refractivity contribution in [2.45, 2.75) is 39.0 Å². The van der Waals surface area contributed by atoms with Gasteiger partial charge in [0.2, 0.25) is 11.8 Å². The summed E-state index contributed by atoms with van der Waals surface area (Å²) in [5, 5.41) is 19.1. The summed E-state index contributed by atoms with van der Waals surface area (Å²) in [4.78, 5) is 32.8. The number of carbonyl (C=O) groups excluding carboxylic acids is 2. The molecule has 2 amide bonds. The van der Waals surface area contributed by atoms with Crippen LogP contribution in [0, 0.1) is 17.8 Å². The highest BCUT2D eigenvalue weighted by atomic mass is 16.5. The smallest absolute Gasteiger partial charge is 0.259 e. The quantitative estimate of drug-likeness (QED) is 0.614. The van der Waals surface area contributed by atoms with Gasteiger partial charge in [-0.3, -0.25) is 9.59 Å². The maximum atomic E-state index is 13.3. The molecule has 0 aromatic carbocycles.